The van der Waals surface area contributed by atoms with Crippen molar-refractivity contribution in [1.82, 2.24) is 4.98 Å². The standard InChI is InChI=1S/C18H30N2/c1-5-16(14-9-7-6-8-10-14)20-17-12-11-15(13-19-17)18(2,3)4/h11-14,16H,5-10H2,1-4H3,(H,19,20). The van der Waals surface area contributed by atoms with Gasteiger partial charge in [-0.15, -0.1) is 0 Å². The van der Waals surface area contributed by atoms with Crippen LogP contribution in [-0.2, 0) is 5.41 Å². The molecule has 2 nitrogen and oxygen atoms in total. The van der Waals surface area contributed by atoms with Crippen LogP contribution in [-0.4, -0.2) is 11.0 Å². The Hall–Kier alpha value is -1.05. The highest BCUT2D eigenvalue weighted by atomic mass is 15.0. The van der Waals surface area contributed by atoms with E-state index in [9.17, 15) is 0 Å². The third-order valence-corrected chi connectivity index (χ3v) is 4.62. The number of anilines is 1. The zero-order valence-corrected chi connectivity index (χ0v) is 13.6. The van der Waals surface area contributed by atoms with E-state index in [0.29, 0.717) is 6.04 Å². The first-order chi connectivity index (χ1) is 9.50. The van der Waals surface area contributed by atoms with Gasteiger partial charge in [-0.1, -0.05) is 53.0 Å². The second kappa shape index (κ2) is 6.60. The number of rotatable bonds is 4. The van der Waals surface area contributed by atoms with Gasteiger partial charge in [-0.05, 0) is 42.2 Å². The Balaban J connectivity index is 2.00. The Morgan fingerprint density at radius 1 is 1.20 bits per heavy atom. The van der Waals surface area contributed by atoms with Crippen molar-refractivity contribution in [3.05, 3.63) is 23.9 Å². The summed E-state index contributed by atoms with van der Waals surface area (Å²) >= 11 is 0. The molecule has 1 aliphatic rings. The van der Waals surface area contributed by atoms with Crippen molar-refractivity contribution >= 4 is 5.82 Å². The van der Waals surface area contributed by atoms with Crippen LogP contribution in [0.1, 0.15) is 71.8 Å². The molecule has 1 saturated carbocycles. The lowest BCUT2D eigenvalue weighted by atomic mass is 9.83. The van der Waals surface area contributed by atoms with Crippen molar-refractivity contribution in [2.24, 2.45) is 5.92 Å². The first-order valence-corrected chi connectivity index (χ1v) is 8.24. The molecule has 0 saturated heterocycles. The van der Waals surface area contributed by atoms with Gasteiger partial charge in [-0.3, -0.25) is 0 Å². The van der Waals surface area contributed by atoms with Crippen LogP contribution >= 0.6 is 0 Å². The van der Waals surface area contributed by atoms with E-state index in [0.717, 1.165) is 11.7 Å². The Morgan fingerprint density at radius 2 is 1.90 bits per heavy atom. The molecule has 2 rings (SSSR count). The van der Waals surface area contributed by atoms with Crippen molar-refractivity contribution in [2.75, 3.05) is 5.32 Å². The average molecular weight is 274 g/mol. The number of hydrogen-bond acceptors (Lipinski definition) is 2. The summed E-state index contributed by atoms with van der Waals surface area (Å²) in [6, 6.07) is 4.94. The number of nitrogens with zero attached hydrogens (tertiary/aromatic N) is 1. The van der Waals surface area contributed by atoms with Crippen LogP contribution in [0.3, 0.4) is 0 Å². The molecule has 0 amide bonds. The summed E-state index contributed by atoms with van der Waals surface area (Å²) in [5.41, 5.74) is 1.48. The molecule has 1 aromatic heterocycles. The Morgan fingerprint density at radius 3 is 2.40 bits per heavy atom. The molecular formula is C18H30N2. The first kappa shape index (κ1) is 15.3. The van der Waals surface area contributed by atoms with Crippen LogP contribution in [0, 0.1) is 5.92 Å². The number of aromatic nitrogens is 1. The summed E-state index contributed by atoms with van der Waals surface area (Å²) in [5.74, 6) is 1.87. The normalized spacial score (nSPS) is 18.8. The predicted molar refractivity (Wildman–Crippen MR) is 87.2 cm³/mol. The van der Waals surface area contributed by atoms with E-state index >= 15 is 0 Å². The minimum atomic E-state index is 0.180. The highest BCUT2D eigenvalue weighted by molar-refractivity contribution is 5.38. The van der Waals surface area contributed by atoms with Crippen molar-refractivity contribution in [1.29, 1.82) is 0 Å². The molecule has 1 aromatic rings. The summed E-state index contributed by atoms with van der Waals surface area (Å²) in [4.78, 5) is 4.62. The van der Waals surface area contributed by atoms with Gasteiger partial charge in [0.05, 0.1) is 0 Å². The van der Waals surface area contributed by atoms with E-state index in [2.05, 4.69) is 50.1 Å². The van der Waals surface area contributed by atoms with Gasteiger partial charge in [0.1, 0.15) is 5.82 Å². The zero-order chi connectivity index (χ0) is 14.6. The quantitative estimate of drug-likeness (QED) is 0.821. The first-order valence-electron chi connectivity index (χ1n) is 8.24. The van der Waals surface area contributed by atoms with Gasteiger partial charge >= 0.3 is 0 Å². The van der Waals surface area contributed by atoms with Gasteiger partial charge < -0.3 is 5.32 Å². The largest absolute Gasteiger partial charge is 0.367 e. The highest BCUT2D eigenvalue weighted by Gasteiger charge is 2.22. The van der Waals surface area contributed by atoms with Crippen LogP contribution < -0.4 is 5.32 Å². The van der Waals surface area contributed by atoms with Crippen molar-refractivity contribution < 1.29 is 0 Å². The molecule has 1 fully saturated rings. The third kappa shape index (κ3) is 3.97. The fraction of sp³-hybridized carbons (Fsp3) is 0.722. The van der Waals surface area contributed by atoms with Gasteiger partial charge in [-0.2, -0.15) is 0 Å². The van der Waals surface area contributed by atoms with E-state index < -0.39 is 0 Å². The molecule has 1 heterocycles. The lowest BCUT2D eigenvalue weighted by molar-refractivity contribution is 0.312. The van der Waals surface area contributed by atoms with Crippen LogP contribution in [0.25, 0.3) is 0 Å². The molecule has 0 radical (unpaired) electrons. The summed E-state index contributed by atoms with van der Waals surface area (Å²) in [6.07, 6.45) is 10.2. The Kier molecular flexibility index (Phi) is 5.06. The summed E-state index contributed by atoms with van der Waals surface area (Å²) in [5, 5.41) is 3.67. The lowest BCUT2D eigenvalue weighted by Gasteiger charge is -2.30. The molecule has 112 valence electrons. The van der Waals surface area contributed by atoms with E-state index in [1.165, 1.54) is 44.1 Å². The van der Waals surface area contributed by atoms with Crippen LogP contribution in [0.5, 0.6) is 0 Å². The van der Waals surface area contributed by atoms with Gasteiger partial charge in [0.15, 0.2) is 0 Å². The molecule has 0 spiro atoms. The molecule has 20 heavy (non-hydrogen) atoms. The second-order valence-electron chi connectivity index (χ2n) is 7.24. The molecule has 1 aliphatic carbocycles. The van der Waals surface area contributed by atoms with Crippen LogP contribution in [0.15, 0.2) is 18.3 Å². The van der Waals surface area contributed by atoms with Gasteiger partial charge in [-0.25, -0.2) is 4.98 Å². The highest BCUT2D eigenvalue weighted by Crippen LogP contribution is 2.29. The summed E-state index contributed by atoms with van der Waals surface area (Å²) < 4.78 is 0. The summed E-state index contributed by atoms with van der Waals surface area (Å²) in [7, 11) is 0. The number of hydrogen-bond donors (Lipinski definition) is 1. The van der Waals surface area contributed by atoms with Crippen LogP contribution in [0.2, 0.25) is 0 Å². The molecule has 1 unspecified atom stereocenters. The third-order valence-electron chi connectivity index (χ3n) is 4.62. The zero-order valence-electron chi connectivity index (χ0n) is 13.6. The van der Waals surface area contributed by atoms with Crippen molar-refractivity contribution in [3.8, 4) is 0 Å². The molecule has 1 N–H and O–H groups in total. The smallest absolute Gasteiger partial charge is 0.126 e. The number of nitrogens with one attached hydrogen (secondary N) is 1. The second-order valence-corrected chi connectivity index (χ2v) is 7.24. The number of pyridine rings is 1. The topological polar surface area (TPSA) is 24.9 Å². The lowest BCUT2D eigenvalue weighted by Crippen LogP contribution is -2.30. The van der Waals surface area contributed by atoms with Gasteiger partial charge in [0.2, 0.25) is 0 Å². The Labute approximate surface area is 124 Å². The Bertz CT molecular complexity index is 396. The molecule has 0 aromatic carbocycles. The van der Waals surface area contributed by atoms with Gasteiger partial charge in [0.25, 0.3) is 0 Å². The average Bonchev–Trinajstić information content (AvgIpc) is 2.45. The molecule has 0 aliphatic heterocycles. The van der Waals surface area contributed by atoms with Gasteiger partial charge in [0, 0.05) is 12.2 Å². The monoisotopic (exact) mass is 274 g/mol. The van der Waals surface area contributed by atoms with Crippen molar-refractivity contribution in [2.45, 2.75) is 77.7 Å². The fourth-order valence-electron chi connectivity index (χ4n) is 3.20. The molecule has 1 atom stereocenters. The van der Waals surface area contributed by atoms with E-state index in [1.807, 2.05) is 6.20 Å². The molecule has 0 bridgehead atoms. The minimum absolute atomic E-state index is 0.180. The van der Waals surface area contributed by atoms with Crippen LogP contribution in [0.4, 0.5) is 5.82 Å². The fourth-order valence-corrected chi connectivity index (χ4v) is 3.20. The molecular weight excluding hydrogens is 244 g/mol. The SMILES string of the molecule is CCC(Nc1ccc(C(C)(C)C)cn1)C1CCCCC1. The van der Waals surface area contributed by atoms with E-state index in [4.69, 9.17) is 0 Å². The van der Waals surface area contributed by atoms with E-state index in [1.54, 1.807) is 0 Å². The maximum atomic E-state index is 4.62. The maximum Gasteiger partial charge on any atom is 0.126 e. The van der Waals surface area contributed by atoms with Crippen molar-refractivity contribution in [3.63, 3.8) is 0 Å². The maximum absolute atomic E-state index is 4.62. The minimum Gasteiger partial charge on any atom is -0.367 e. The summed E-state index contributed by atoms with van der Waals surface area (Å²) in [6.45, 7) is 8.98. The predicted octanol–water partition coefficient (Wildman–Crippen LogP) is 5.15. The van der Waals surface area contributed by atoms with E-state index in [-0.39, 0.29) is 5.41 Å². The molecule has 2 heteroatoms.